The monoisotopic (exact) mass is 623 g/mol. The first kappa shape index (κ1) is 30.1. The molecule has 1 fully saturated rings. The number of carbonyl (C=O) groups is 3. The van der Waals surface area contributed by atoms with Gasteiger partial charge in [0, 0.05) is 42.4 Å². The second-order valence-electron chi connectivity index (χ2n) is 10.0. The minimum Gasteiger partial charge on any atom is -0.453 e. The van der Waals surface area contributed by atoms with E-state index >= 15 is 0 Å². The van der Waals surface area contributed by atoms with Crippen molar-refractivity contribution in [1.82, 2.24) is 14.9 Å². The van der Waals surface area contributed by atoms with Crippen molar-refractivity contribution in [3.63, 3.8) is 0 Å². The van der Waals surface area contributed by atoms with Crippen LogP contribution in [-0.2, 0) is 20.4 Å². The van der Waals surface area contributed by atoms with Crippen LogP contribution in [0.5, 0.6) is 0 Å². The summed E-state index contributed by atoms with van der Waals surface area (Å²) in [5.74, 6) is -1.16. The highest BCUT2D eigenvalue weighted by atomic mass is 35.5. The van der Waals surface area contributed by atoms with Crippen LogP contribution in [0.15, 0.2) is 36.5 Å². The van der Waals surface area contributed by atoms with E-state index < -0.39 is 52.5 Å². The molecule has 3 amide bonds. The molecule has 1 aromatic heterocycles. The predicted octanol–water partition coefficient (Wildman–Crippen LogP) is 7.20. The zero-order valence-electron chi connectivity index (χ0n) is 22.7. The number of nitrogens with zero attached hydrogens (tertiary/aromatic N) is 2. The van der Waals surface area contributed by atoms with E-state index in [9.17, 15) is 31.9 Å². The fraction of sp³-hybridized carbons (Fsp3) is 0.357. The minimum absolute atomic E-state index is 0.0485. The number of aromatic nitrogens is 2. The molecule has 3 aromatic rings. The molecule has 1 saturated heterocycles. The molecule has 2 atom stereocenters. The molecule has 0 radical (unpaired) electrons. The zero-order valence-corrected chi connectivity index (χ0v) is 23.4. The third kappa shape index (κ3) is 6.38. The number of fused-ring (bicyclic) bond motifs is 4. The number of hydrogen-bond donors (Lipinski definition) is 3. The Morgan fingerprint density at radius 3 is 2.70 bits per heavy atom. The highest BCUT2D eigenvalue weighted by molar-refractivity contribution is 6.30. The molecule has 15 heteroatoms. The molecule has 228 valence electrons. The summed E-state index contributed by atoms with van der Waals surface area (Å²) in [6.07, 6.45) is -5.05. The summed E-state index contributed by atoms with van der Waals surface area (Å²) in [5, 5.41) is 4.87. The number of imidazole rings is 1. The molecule has 3 N–H and O–H groups in total. The molecule has 2 aliphatic rings. The van der Waals surface area contributed by atoms with Gasteiger partial charge in [-0.1, -0.05) is 18.0 Å². The number of methoxy groups -OCH3 is 1. The number of cyclic esters (lactones) is 1. The zero-order chi connectivity index (χ0) is 30.9. The summed E-state index contributed by atoms with van der Waals surface area (Å²) in [5.41, 5.74) is -0.345. The molecule has 0 aliphatic carbocycles. The third-order valence-corrected chi connectivity index (χ3v) is 7.58. The van der Waals surface area contributed by atoms with Gasteiger partial charge < -0.3 is 19.8 Å². The van der Waals surface area contributed by atoms with Gasteiger partial charge in [-0.05, 0) is 43.2 Å². The molecular formula is C28H26ClF4N5O5. The second kappa shape index (κ2) is 12.1. The van der Waals surface area contributed by atoms with Gasteiger partial charge in [0.05, 0.1) is 35.1 Å². The van der Waals surface area contributed by atoms with E-state index in [-0.39, 0.29) is 25.3 Å². The molecule has 0 spiro atoms. The summed E-state index contributed by atoms with van der Waals surface area (Å²) in [6.45, 7) is -0.0485. The van der Waals surface area contributed by atoms with Crippen molar-refractivity contribution in [2.45, 2.75) is 50.4 Å². The Bertz CT molecular complexity index is 1560. The average molecular weight is 624 g/mol. The summed E-state index contributed by atoms with van der Waals surface area (Å²) in [7, 11) is 1.22. The minimum atomic E-state index is -4.89. The topological polar surface area (TPSA) is 126 Å². The lowest BCUT2D eigenvalue weighted by Gasteiger charge is -2.37. The van der Waals surface area contributed by atoms with Gasteiger partial charge in [0.25, 0.3) is 0 Å². The SMILES string of the molecule is COC(=O)Nc1ccc2c(c1)NC(=O)CCCC[C@H](N1CCC(c3c(C(F)(F)F)ccc(Cl)c3F)OC1=O)c1nc-2c[nH]1. The number of nitrogens with one attached hydrogen (secondary N) is 3. The Labute approximate surface area is 247 Å². The number of carbonyl (C=O) groups excluding carboxylic acids is 3. The average Bonchev–Trinajstić information content (AvgIpc) is 3.43. The van der Waals surface area contributed by atoms with E-state index in [0.29, 0.717) is 53.8 Å². The molecular weight excluding hydrogens is 598 g/mol. The molecule has 1 unspecified atom stereocenters. The standard InChI is InChI=1S/C28H26ClF4N5O5/c1-42-26(40)35-14-6-7-15-18(12-14)36-22(39)5-3-2-4-20(25-34-13-19(15)37-25)38-11-10-21(43-27(38)41)23-16(28(31,32)33)8-9-17(29)24(23)30/h6-9,12-13,20-21H,2-5,10-11H2,1H3,(H,34,37)(H,35,40)(H,36,39)/t20-,21?/m0/s1. The lowest BCUT2D eigenvalue weighted by atomic mass is 9.97. The van der Waals surface area contributed by atoms with Crippen LogP contribution in [0.3, 0.4) is 0 Å². The van der Waals surface area contributed by atoms with Gasteiger partial charge in [-0.2, -0.15) is 13.2 Å². The summed E-state index contributed by atoms with van der Waals surface area (Å²) in [6, 6.07) is 5.63. The van der Waals surface area contributed by atoms with Gasteiger partial charge in [0.15, 0.2) is 0 Å². The summed E-state index contributed by atoms with van der Waals surface area (Å²) in [4.78, 5) is 46.7. The Balaban J connectivity index is 1.44. The number of amides is 3. The second-order valence-corrected chi connectivity index (χ2v) is 10.4. The molecule has 43 heavy (non-hydrogen) atoms. The number of hydrogen-bond acceptors (Lipinski definition) is 6. The predicted molar refractivity (Wildman–Crippen MR) is 147 cm³/mol. The van der Waals surface area contributed by atoms with E-state index in [1.807, 2.05) is 0 Å². The summed E-state index contributed by atoms with van der Waals surface area (Å²) >= 11 is 5.78. The lowest BCUT2D eigenvalue weighted by Crippen LogP contribution is -2.42. The Morgan fingerprint density at radius 2 is 1.98 bits per heavy atom. The van der Waals surface area contributed by atoms with Gasteiger partial charge in [-0.3, -0.25) is 15.0 Å². The number of rotatable bonds is 3. The first-order valence-electron chi connectivity index (χ1n) is 13.3. The number of halogens is 5. The molecule has 2 aromatic carbocycles. The van der Waals surface area contributed by atoms with Gasteiger partial charge in [0.2, 0.25) is 5.91 Å². The highest BCUT2D eigenvalue weighted by Crippen LogP contribution is 2.43. The van der Waals surface area contributed by atoms with Crippen molar-refractivity contribution >= 4 is 41.1 Å². The van der Waals surface area contributed by atoms with E-state index in [1.54, 1.807) is 24.4 Å². The molecule has 2 aliphatic heterocycles. The van der Waals surface area contributed by atoms with Crippen molar-refractivity contribution < 1.29 is 41.4 Å². The van der Waals surface area contributed by atoms with Crippen LogP contribution >= 0.6 is 11.6 Å². The van der Waals surface area contributed by atoms with Crippen molar-refractivity contribution in [1.29, 1.82) is 0 Å². The third-order valence-electron chi connectivity index (χ3n) is 7.29. The summed E-state index contributed by atoms with van der Waals surface area (Å²) < 4.78 is 65.9. The van der Waals surface area contributed by atoms with Crippen LogP contribution < -0.4 is 10.6 Å². The van der Waals surface area contributed by atoms with Gasteiger partial charge in [-0.15, -0.1) is 0 Å². The molecule has 0 saturated carbocycles. The maximum Gasteiger partial charge on any atom is 0.416 e. The fourth-order valence-corrected chi connectivity index (χ4v) is 5.41. The molecule has 2 bridgehead atoms. The van der Waals surface area contributed by atoms with Crippen LogP contribution in [-0.4, -0.2) is 46.6 Å². The first-order chi connectivity index (χ1) is 20.5. The molecule has 5 rings (SSSR count). The number of anilines is 2. The first-order valence-corrected chi connectivity index (χ1v) is 13.7. The smallest absolute Gasteiger partial charge is 0.416 e. The number of H-pyrrole nitrogens is 1. The maximum atomic E-state index is 14.9. The molecule has 10 nitrogen and oxygen atoms in total. The maximum absolute atomic E-state index is 14.9. The number of ether oxygens (including phenoxy) is 2. The number of aromatic amines is 1. The Morgan fingerprint density at radius 1 is 1.19 bits per heavy atom. The van der Waals surface area contributed by atoms with E-state index in [1.165, 1.54) is 12.0 Å². The van der Waals surface area contributed by atoms with Gasteiger partial charge >= 0.3 is 18.4 Å². The van der Waals surface area contributed by atoms with E-state index in [4.69, 9.17) is 16.3 Å². The lowest BCUT2D eigenvalue weighted by molar-refractivity contribution is -0.140. The van der Waals surface area contributed by atoms with Crippen molar-refractivity contribution in [2.75, 3.05) is 24.3 Å². The van der Waals surface area contributed by atoms with Crippen LogP contribution in [0.2, 0.25) is 5.02 Å². The highest BCUT2D eigenvalue weighted by Gasteiger charge is 2.42. The van der Waals surface area contributed by atoms with Crippen LogP contribution in [0.1, 0.15) is 61.2 Å². The van der Waals surface area contributed by atoms with Crippen molar-refractivity contribution in [3.8, 4) is 11.3 Å². The van der Waals surface area contributed by atoms with Crippen LogP contribution in [0, 0.1) is 5.82 Å². The Kier molecular flexibility index (Phi) is 8.49. The normalized spacial score (nSPS) is 19.3. The van der Waals surface area contributed by atoms with Crippen molar-refractivity contribution in [2.24, 2.45) is 0 Å². The van der Waals surface area contributed by atoms with Crippen molar-refractivity contribution in [3.05, 3.63) is 64.3 Å². The number of benzene rings is 2. The number of alkyl halides is 3. The van der Waals surface area contributed by atoms with Crippen LogP contribution in [0.4, 0.5) is 38.5 Å². The molecule has 3 heterocycles. The largest absolute Gasteiger partial charge is 0.453 e. The van der Waals surface area contributed by atoms with Gasteiger partial charge in [0.1, 0.15) is 17.7 Å². The fourth-order valence-electron chi connectivity index (χ4n) is 5.25. The van der Waals surface area contributed by atoms with E-state index in [0.717, 1.165) is 6.07 Å². The Hall–Kier alpha value is -4.33. The van der Waals surface area contributed by atoms with Gasteiger partial charge in [-0.25, -0.2) is 19.0 Å². The van der Waals surface area contributed by atoms with Crippen LogP contribution in [0.25, 0.3) is 11.3 Å². The van der Waals surface area contributed by atoms with E-state index in [2.05, 4.69) is 25.3 Å². The quantitative estimate of drug-likeness (QED) is 0.265.